The summed E-state index contributed by atoms with van der Waals surface area (Å²) in [6.07, 6.45) is -7.11. The lowest BCUT2D eigenvalue weighted by atomic mass is 10.1. The third-order valence-electron chi connectivity index (χ3n) is 5.05. The molecule has 2 aromatic heterocycles. The summed E-state index contributed by atoms with van der Waals surface area (Å²) in [5.74, 6) is -3.64. The highest BCUT2D eigenvalue weighted by Crippen LogP contribution is 2.35. The van der Waals surface area contributed by atoms with Crippen LogP contribution in [0.3, 0.4) is 0 Å². The summed E-state index contributed by atoms with van der Waals surface area (Å²) in [6, 6.07) is 9.94. The van der Waals surface area contributed by atoms with Crippen LogP contribution in [0.2, 0.25) is 4.34 Å². The summed E-state index contributed by atoms with van der Waals surface area (Å²) < 4.78 is 86.0. The Labute approximate surface area is 246 Å². The topological polar surface area (TPSA) is 116 Å². The smallest absolute Gasteiger partial charge is 0.475 e. The number of anilines is 5. The molecular formula is C26H17ClF7N5O3S. The third-order valence-corrected chi connectivity index (χ3v) is 6.14. The molecule has 0 fully saturated rings. The number of carbonyl (C=O) groups excluding carboxylic acids is 1. The summed E-state index contributed by atoms with van der Waals surface area (Å²) >= 11 is 7.25. The maximum atomic E-state index is 14.7. The summed E-state index contributed by atoms with van der Waals surface area (Å²) in [6.45, 7) is 3.37. The van der Waals surface area contributed by atoms with Crippen molar-refractivity contribution < 1.29 is 45.4 Å². The van der Waals surface area contributed by atoms with Gasteiger partial charge in [-0.15, -0.1) is 11.3 Å². The van der Waals surface area contributed by atoms with Gasteiger partial charge < -0.3 is 21.1 Å². The van der Waals surface area contributed by atoms with Gasteiger partial charge in [-0.2, -0.15) is 31.3 Å². The highest BCUT2D eigenvalue weighted by molar-refractivity contribution is 7.14. The monoisotopic (exact) mass is 647 g/mol. The molecule has 4 rings (SSSR count). The molecule has 0 saturated heterocycles. The zero-order chi connectivity index (χ0) is 31.9. The molecule has 0 aliphatic heterocycles. The van der Waals surface area contributed by atoms with Gasteiger partial charge in [0.1, 0.15) is 11.6 Å². The number of carboxylic acids is 1. The van der Waals surface area contributed by atoms with Crippen LogP contribution in [0.15, 0.2) is 72.8 Å². The van der Waals surface area contributed by atoms with E-state index in [0.29, 0.717) is 26.8 Å². The van der Waals surface area contributed by atoms with E-state index in [1.54, 1.807) is 11.4 Å². The number of amides is 1. The number of alkyl halides is 6. The largest absolute Gasteiger partial charge is 0.490 e. The number of nitrogens with zero attached hydrogens (tertiary/aromatic N) is 2. The lowest BCUT2D eigenvalue weighted by Crippen LogP contribution is -2.21. The molecule has 4 N–H and O–H groups in total. The normalized spacial score (nSPS) is 11.2. The van der Waals surface area contributed by atoms with Crippen molar-refractivity contribution in [2.45, 2.75) is 12.4 Å². The predicted molar refractivity (Wildman–Crippen MR) is 147 cm³/mol. The molecule has 0 spiro atoms. The van der Waals surface area contributed by atoms with E-state index in [-0.39, 0.29) is 17.5 Å². The van der Waals surface area contributed by atoms with Crippen LogP contribution in [0.1, 0.15) is 5.56 Å². The number of carbonyl (C=O) groups is 2. The minimum Gasteiger partial charge on any atom is -0.475 e. The van der Waals surface area contributed by atoms with Gasteiger partial charge in [0, 0.05) is 22.8 Å². The minimum absolute atomic E-state index is 0.0340. The van der Waals surface area contributed by atoms with Crippen molar-refractivity contribution in [2.75, 3.05) is 16.0 Å². The Kier molecular flexibility index (Phi) is 10.3. The van der Waals surface area contributed by atoms with E-state index in [1.165, 1.54) is 41.8 Å². The van der Waals surface area contributed by atoms with Crippen LogP contribution in [0.5, 0.6) is 0 Å². The van der Waals surface area contributed by atoms with Gasteiger partial charge in [-0.25, -0.2) is 14.2 Å². The number of hydrogen-bond acceptors (Lipinski definition) is 7. The van der Waals surface area contributed by atoms with E-state index >= 15 is 0 Å². The van der Waals surface area contributed by atoms with Crippen LogP contribution in [-0.4, -0.2) is 33.1 Å². The van der Waals surface area contributed by atoms with Gasteiger partial charge in [0.05, 0.1) is 21.3 Å². The van der Waals surface area contributed by atoms with Crippen molar-refractivity contribution in [1.29, 1.82) is 0 Å². The second-order valence-electron chi connectivity index (χ2n) is 8.11. The molecule has 226 valence electrons. The number of hydrogen-bond donors (Lipinski definition) is 4. The van der Waals surface area contributed by atoms with E-state index in [9.17, 15) is 35.5 Å². The summed E-state index contributed by atoms with van der Waals surface area (Å²) in [5.41, 5.74) is 0.753. The SMILES string of the molecule is C=CC(=O)Nc1ccc(F)c(Nc2nc(Nc3csc(Cl)c3)ncc2-c2ccc(C(F)(F)F)cc2)c1.O=C(O)C(F)(F)F. The first-order valence-electron chi connectivity index (χ1n) is 11.4. The number of halogens is 8. The standard InChI is InChI=1S/C24H16ClF4N5OS.C2HF3O2/c1-2-21(35)31-15-7-8-18(26)19(9-15)33-22-17(13-3-5-14(6-4-13)24(27,28)29)11-30-23(34-22)32-16-10-20(25)36-12-16;3-2(4,5)1(6)7/h2-12H,1H2,(H,31,35)(H2,30,32,33,34);(H,6,7). The highest BCUT2D eigenvalue weighted by Gasteiger charge is 2.38. The maximum absolute atomic E-state index is 14.7. The van der Waals surface area contributed by atoms with Crippen molar-refractivity contribution in [3.8, 4) is 11.1 Å². The summed E-state index contributed by atoms with van der Waals surface area (Å²) in [4.78, 5) is 29.2. The molecule has 17 heteroatoms. The van der Waals surface area contributed by atoms with E-state index in [2.05, 4.69) is 32.5 Å². The second kappa shape index (κ2) is 13.5. The molecular weight excluding hydrogens is 631 g/mol. The van der Waals surface area contributed by atoms with Gasteiger partial charge in [0.15, 0.2) is 0 Å². The Morgan fingerprint density at radius 2 is 1.63 bits per heavy atom. The third kappa shape index (κ3) is 9.40. The van der Waals surface area contributed by atoms with Gasteiger partial charge in [0.25, 0.3) is 0 Å². The average molecular weight is 648 g/mol. The van der Waals surface area contributed by atoms with Crippen LogP contribution in [0.4, 0.5) is 59.6 Å². The van der Waals surface area contributed by atoms with E-state index in [0.717, 1.165) is 24.3 Å². The number of aliphatic carboxylic acids is 1. The van der Waals surface area contributed by atoms with E-state index in [1.807, 2.05) is 0 Å². The molecule has 2 heterocycles. The molecule has 0 aliphatic carbocycles. The summed E-state index contributed by atoms with van der Waals surface area (Å²) in [7, 11) is 0. The highest BCUT2D eigenvalue weighted by atomic mass is 35.5. The molecule has 0 bridgehead atoms. The molecule has 0 saturated carbocycles. The Morgan fingerprint density at radius 3 is 2.16 bits per heavy atom. The Hall–Kier alpha value is -4.70. The number of rotatable bonds is 7. The molecule has 0 aliphatic rings. The zero-order valence-corrected chi connectivity index (χ0v) is 22.7. The molecule has 43 heavy (non-hydrogen) atoms. The Morgan fingerprint density at radius 1 is 0.977 bits per heavy atom. The molecule has 0 unspecified atom stereocenters. The number of nitrogens with one attached hydrogen (secondary N) is 3. The molecule has 0 atom stereocenters. The van der Waals surface area contributed by atoms with Gasteiger partial charge >= 0.3 is 18.3 Å². The van der Waals surface area contributed by atoms with E-state index < -0.39 is 35.6 Å². The van der Waals surface area contributed by atoms with Crippen LogP contribution < -0.4 is 16.0 Å². The van der Waals surface area contributed by atoms with Crippen LogP contribution >= 0.6 is 22.9 Å². The van der Waals surface area contributed by atoms with Crippen molar-refractivity contribution in [3.05, 3.63) is 88.5 Å². The van der Waals surface area contributed by atoms with Crippen molar-refractivity contribution in [3.63, 3.8) is 0 Å². The zero-order valence-electron chi connectivity index (χ0n) is 21.1. The van der Waals surface area contributed by atoms with E-state index in [4.69, 9.17) is 21.5 Å². The fraction of sp³-hybridized carbons (Fsp3) is 0.0769. The van der Waals surface area contributed by atoms with Crippen LogP contribution in [0.25, 0.3) is 11.1 Å². The maximum Gasteiger partial charge on any atom is 0.490 e. The molecule has 8 nitrogen and oxygen atoms in total. The number of aromatic nitrogens is 2. The predicted octanol–water partition coefficient (Wildman–Crippen LogP) is 8.26. The van der Waals surface area contributed by atoms with Gasteiger partial charge in [-0.1, -0.05) is 30.3 Å². The van der Waals surface area contributed by atoms with Crippen LogP contribution in [-0.2, 0) is 15.8 Å². The number of benzene rings is 2. The first kappa shape index (κ1) is 32.8. The number of carboxylic acid groups (broad SMARTS) is 1. The fourth-order valence-corrected chi connectivity index (χ4v) is 3.92. The summed E-state index contributed by atoms with van der Waals surface area (Å²) in [5, 5.41) is 17.2. The van der Waals surface area contributed by atoms with Crippen molar-refractivity contribution in [1.82, 2.24) is 9.97 Å². The van der Waals surface area contributed by atoms with Crippen LogP contribution in [0, 0.1) is 5.82 Å². The lowest BCUT2D eigenvalue weighted by Gasteiger charge is -2.15. The van der Waals surface area contributed by atoms with Gasteiger partial charge in [-0.3, -0.25) is 4.79 Å². The average Bonchev–Trinajstić information content (AvgIpc) is 3.34. The Bertz CT molecular complexity index is 1630. The quantitative estimate of drug-likeness (QED) is 0.118. The van der Waals surface area contributed by atoms with Crippen molar-refractivity contribution >= 4 is 63.6 Å². The lowest BCUT2D eigenvalue weighted by molar-refractivity contribution is -0.192. The molecule has 1 amide bonds. The first-order chi connectivity index (χ1) is 20.1. The fourth-order valence-electron chi connectivity index (χ4n) is 3.11. The van der Waals surface area contributed by atoms with Gasteiger partial charge in [-0.05, 0) is 48.0 Å². The Balaban J connectivity index is 0.000000646. The minimum atomic E-state index is -5.08. The first-order valence-corrected chi connectivity index (χ1v) is 12.7. The molecule has 2 aromatic carbocycles. The molecule has 4 aromatic rings. The number of thiophene rings is 1. The van der Waals surface area contributed by atoms with Crippen molar-refractivity contribution in [2.24, 2.45) is 0 Å². The molecule has 0 radical (unpaired) electrons. The van der Waals surface area contributed by atoms with Gasteiger partial charge in [0.2, 0.25) is 11.9 Å². The second-order valence-corrected chi connectivity index (χ2v) is 9.65.